The van der Waals surface area contributed by atoms with E-state index < -0.39 is 10.8 Å². The fraction of sp³-hybridized carbons (Fsp3) is 0.188. The van der Waals surface area contributed by atoms with Crippen LogP contribution in [0.2, 0.25) is 0 Å². The number of nitrogens with zero attached hydrogens (tertiary/aromatic N) is 1. The van der Waals surface area contributed by atoms with Crippen LogP contribution in [-0.2, 0) is 4.79 Å². The summed E-state index contributed by atoms with van der Waals surface area (Å²) in [5.41, 5.74) is 1.85. The van der Waals surface area contributed by atoms with E-state index in [0.717, 1.165) is 10.0 Å². The monoisotopic (exact) mass is 378 g/mol. The van der Waals surface area contributed by atoms with Crippen molar-refractivity contribution in [3.05, 3.63) is 62.1 Å². The molecule has 0 aliphatic heterocycles. The topological polar surface area (TPSA) is 81.5 Å². The van der Waals surface area contributed by atoms with Gasteiger partial charge >= 0.3 is 5.69 Å². The smallest absolute Gasteiger partial charge is 0.311 e. The van der Waals surface area contributed by atoms with E-state index in [9.17, 15) is 14.9 Å². The normalized spacial score (nSPS) is 10.2. The Morgan fingerprint density at radius 1 is 1.30 bits per heavy atom. The molecule has 2 aromatic carbocycles. The lowest BCUT2D eigenvalue weighted by Gasteiger charge is -2.11. The maximum absolute atomic E-state index is 11.9. The number of benzene rings is 2. The molecule has 6 nitrogen and oxygen atoms in total. The van der Waals surface area contributed by atoms with E-state index in [1.165, 1.54) is 6.07 Å². The second kappa shape index (κ2) is 7.23. The predicted octanol–water partition coefficient (Wildman–Crippen LogP) is 3.99. The molecular formula is C16H15BrN2O4. The van der Waals surface area contributed by atoms with E-state index in [-0.39, 0.29) is 18.0 Å². The number of rotatable bonds is 5. The number of hydrogen-bond acceptors (Lipinski definition) is 4. The van der Waals surface area contributed by atoms with Gasteiger partial charge in [-0.2, -0.15) is 0 Å². The van der Waals surface area contributed by atoms with Gasteiger partial charge in [0.05, 0.1) is 4.92 Å². The third-order valence-corrected chi connectivity index (χ3v) is 3.55. The molecule has 7 heteroatoms. The van der Waals surface area contributed by atoms with Crippen LogP contribution >= 0.6 is 15.9 Å². The van der Waals surface area contributed by atoms with Crippen LogP contribution in [0.1, 0.15) is 11.1 Å². The Labute approximate surface area is 141 Å². The highest BCUT2D eigenvalue weighted by molar-refractivity contribution is 9.10. The maximum Gasteiger partial charge on any atom is 0.311 e. The second-order valence-electron chi connectivity index (χ2n) is 5.03. The number of hydrogen-bond donors (Lipinski definition) is 1. The number of halogens is 1. The minimum atomic E-state index is -0.512. The van der Waals surface area contributed by atoms with Gasteiger partial charge < -0.3 is 10.1 Å². The van der Waals surface area contributed by atoms with E-state index in [1.807, 2.05) is 6.07 Å². The highest BCUT2D eigenvalue weighted by Crippen LogP contribution is 2.32. The summed E-state index contributed by atoms with van der Waals surface area (Å²) in [5.74, 6) is -0.276. The Bertz CT molecular complexity index is 762. The number of nitro groups is 1. The Kier molecular flexibility index (Phi) is 5.33. The maximum atomic E-state index is 11.9. The van der Waals surface area contributed by atoms with Crippen molar-refractivity contribution in [1.82, 2.24) is 0 Å². The van der Waals surface area contributed by atoms with Gasteiger partial charge in [-0.3, -0.25) is 14.9 Å². The molecular weight excluding hydrogens is 364 g/mol. The minimum absolute atomic E-state index is 0.116. The van der Waals surface area contributed by atoms with Gasteiger partial charge in [-0.1, -0.05) is 28.1 Å². The summed E-state index contributed by atoms with van der Waals surface area (Å²) in [4.78, 5) is 22.5. The predicted molar refractivity (Wildman–Crippen MR) is 90.8 cm³/mol. The van der Waals surface area contributed by atoms with Crippen molar-refractivity contribution in [1.29, 1.82) is 0 Å². The minimum Gasteiger partial charge on any atom is -0.477 e. The van der Waals surface area contributed by atoms with Crippen LogP contribution in [0.3, 0.4) is 0 Å². The first kappa shape index (κ1) is 17.0. The number of nitrogens with one attached hydrogen (secondary N) is 1. The van der Waals surface area contributed by atoms with Crippen molar-refractivity contribution in [2.24, 2.45) is 0 Å². The van der Waals surface area contributed by atoms with E-state index in [0.29, 0.717) is 11.3 Å². The molecule has 1 amide bonds. The third kappa shape index (κ3) is 4.53. The first-order chi connectivity index (χ1) is 10.9. The van der Waals surface area contributed by atoms with Gasteiger partial charge in [0, 0.05) is 16.2 Å². The van der Waals surface area contributed by atoms with Gasteiger partial charge in [0.25, 0.3) is 5.91 Å². The highest BCUT2D eigenvalue weighted by Gasteiger charge is 2.19. The summed E-state index contributed by atoms with van der Waals surface area (Å²) >= 11 is 3.31. The Morgan fingerprint density at radius 2 is 2.04 bits per heavy atom. The first-order valence-electron chi connectivity index (χ1n) is 6.80. The molecule has 0 unspecified atom stereocenters. The zero-order valence-corrected chi connectivity index (χ0v) is 14.2. The molecule has 1 N–H and O–H groups in total. The molecule has 0 aromatic heterocycles. The van der Waals surface area contributed by atoms with Crippen molar-refractivity contribution in [3.63, 3.8) is 0 Å². The largest absolute Gasteiger partial charge is 0.477 e. The number of aryl methyl sites for hydroxylation is 2. The number of carbonyl (C=O) groups excluding carboxylic acids is 1. The van der Waals surface area contributed by atoms with Crippen molar-refractivity contribution < 1.29 is 14.5 Å². The summed E-state index contributed by atoms with van der Waals surface area (Å²) in [7, 11) is 0. The van der Waals surface area contributed by atoms with Crippen molar-refractivity contribution in [2.45, 2.75) is 13.8 Å². The van der Waals surface area contributed by atoms with Crippen molar-refractivity contribution in [3.8, 4) is 5.75 Å². The van der Waals surface area contributed by atoms with Crippen LogP contribution in [0.4, 0.5) is 11.4 Å². The van der Waals surface area contributed by atoms with Crippen LogP contribution < -0.4 is 10.1 Å². The van der Waals surface area contributed by atoms with Crippen LogP contribution in [0.15, 0.2) is 40.9 Å². The Balaban J connectivity index is 2.09. The number of nitro benzene ring substituents is 1. The highest BCUT2D eigenvalue weighted by atomic mass is 79.9. The van der Waals surface area contributed by atoms with E-state index in [2.05, 4.69) is 21.2 Å². The van der Waals surface area contributed by atoms with Gasteiger partial charge in [-0.05, 0) is 43.2 Å². The average Bonchev–Trinajstić information content (AvgIpc) is 2.45. The number of carbonyl (C=O) groups is 1. The summed E-state index contributed by atoms with van der Waals surface area (Å²) in [6, 6.07) is 10.3. The molecule has 0 saturated heterocycles. The molecule has 0 fully saturated rings. The summed E-state index contributed by atoms with van der Waals surface area (Å²) in [6.45, 7) is 3.17. The van der Waals surface area contributed by atoms with Gasteiger partial charge in [0.15, 0.2) is 6.61 Å². The quantitative estimate of drug-likeness (QED) is 0.629. The molecule has 0 atom stereocenters. The van der Waals surface area contributed by atoms with E-state index >= 15 is 0 Å². The average molecular weight is 379 g/mol. The molecule has 0 bridgehead atoms. The summed E-state index contributed by atoms with van der Waals surface area (Å²) < 4.78 is 6.22. The Morgan fingerprint density at radius 3 is 2.70 bits per heavy atom. The van der Waals surface area contributed by atoms with Gasteiger partial charge in [-0.25, -0.2) is 0 Å². The van der Waals surface area contributed by atoms with Gasteiger partial charge in [0.1, 0.15) is 0 Å². The van der Waals surface area contributed by atoms with Crippen LogP contribution in [0, 0.1) is 24.0 Å². The van der Waals surface area contributed by atoms with Crippen LogP contribution in [0.5, 0.6) is 5.75 Å². The molecule has 2 rings (SSSR count). The van der Waals surface area contributed by atoms with E-state index in [1.54, 1.807) is 38.1 Å². The van der Waals surface area contributed by atoms with Crippen LogP contribution in [0.25, 0.3) is 0 Å². The fourth-order valence-electron chi connectivity index (χ4n) is 2.16. The number of ether oxygens (including phenoxy) is 1. The first-order valence-corrected chi connectivity index (χ1v) is 7.60. The summed E-state index contributed by atoms with van der Waals surface area (Å²) in [6.07, 6.45) is 0. The van der Waals surface area contributed by atoms with Gasteiger partial charge in [-0.15, -0.1) is 0 Å². The molecule has 0 heterocycles. The molecule has 0 aliphatic carbocycles. The summed E-state index contributed by atoms with van der Waals surface area (Å²) in [5, 5.41) is 13.8. The SMILES string of the molecule is Cc1cc(C)c(OCC(=O)Nc2cccc(Br)c2)c([N+](=O)[O-])c1. The molecule has 23 heavy (non-hydrogen) atoms. The number of anilines is 1. The number of amides is 1. The standard InChI is InChI=1S/C16H15BrN2O4/c1-10-6-11(2)16(14(7-10)19(21)22)23-9-15(20)18-13-5-3-4-12(17)8-13/h3-8H,9H2,1-2H3,(H,18,20). The zero-order valence-electron chi connectivity index (χ0n) is 12.6. The third-order valence-electron chi connectivity index (χ3n) is 3.05. The van der Waals surface area contributed by atoms with Gasteiger partial charge in [0.2, 0.25) is 5.75 Å². The molecule has 2 aromatic rings. The van der Waals surface area contributed by atoms with Crippen molar-refractivity contribution in [2.75, 3.05) is 11.9 Å². The molecule has 0 radical (unpaired) electrons. The fourth-order valence-corrected chi connectivity index (χ4v) is 2.56. The molecule has 0 saturated carbocycles. The lowest BCUT2D eigenvalue weighted by molar-refractivity contribution is -0.385. The lowest BCUT2D eigenvalue weighted by atomic mass is 10.1. The molecule has 0 spiro atoms. The second-order valence-corrected chi connectivity index (χ2v) is 5.95. The molecule has 0 aliphatic rings. The Hall–Kier alpha value is -2.41. The lowest BCUT2D eigenvalue weighted by Crippen LogP contribution is -2.20. The van der Waals surface area contributed by atoms with Crippen molar-refractivity contribution >= 4 is 33.2 Å². The van der Waals surface area contributed by atoms with E-state index in [4.69, 9.17) is 4.74 Å². The molecule has 120 valence electrons. The zero-order chi connectivity index (χ0) is 17.0. The van der Waals surface area contributed by atoms with Crippen LogP contribution in [-0.4, -0.2) is 17.4 Å².